The van der Waals surface area contributed by atoms with Gasteiger partial charge in [0.1, 0.15) is 12.4 Å². The van der Waals surface area contributed by atoms with Gasteiger partial charge in [0.15, 0.2) is 11.5 Å². The number of halogens is 1. The van der Waals surface area contributed by atoms with E-state index in [1.807, 2.05) is 0 Å². The zero-order valence-corrected chi connectivity index (χ0v) is 17.5. The van der Waals surface area contributed by atoms with E-state index in [-0.39, 0.29) is 11.1 Å². The summed E-state index contributed by atoms with van der Waals surface area (Å²) in [5, 5.41) is 0. The molecule has 0 aliphatic carbocycles. The predicted octanol–water partition coefficient (Wildman–Crippen LogP) is 4.28. The van der Waals surface area contributed by atoms with Gasteiger partial charge in [-0.2, -0.15) is 0 Å². The van der Waals surface area contributed by atoms with Crippen LogP contribution >= 0.6 is 0 Å². The van der Waals surface area contributed by atoms with Crippen molar-refractivity contribution in [2.45, 2.75) is 6.92 Å². The molecule has 1 aliphatic heterocycles. The molecular weight excluding hydrogens is 401 g/mol. The number of hydrogen-bond acceptors (Lipinski definition) is 5. The first-order valence-electron chi connectivity index (χ1n) is 9.44. The molecule has 0 spiro atoms. The maximum absolute atomic E-state index is 13.3. The fraction of sp³-hybridized carbons (Fsp3) is 0.167. The third kappa shape index (κ3) is 4.35. The summed E-state index contributed by atoms with van der Waals surface area (Å²) in [4.78, 5) is 27.1. The van der Waals surface area contributed by atoms with E-state index < -0.39 is 17.7 Å². The molecule has 3 rings (SSSR count). The lowest BCUT2D eigenvalue weighted by Crippen LogP contribution is -2.24. The van der Waals surface area contributed by atoms with Gasteiger partial charge < -0.3 is 14.2 Å². The summed E-state index contributed by atoms with van der Waals surface area (Å²) in [6.07, 6.45) is 3.20. The molecule has 0 aromatic heterocycles. The van der Waals surface area contributed by atoms with Crippen LogP contribution in [0.2, 0.25) is 0 Å². The molecule has 0 radical (unpaired) electrons. The Labute approximate surface area is 179 Å². The highest BCUT2D eigenvalue weighted by atomic mass is 19.1. The first-order valence-corrected chi connectivity index (χ1v) is 9.44. The van der Waals surface area contributed by atoms with Gasteiger partial charge in [-0.1, -0.05) is 18.7 Å². The molecule has 1 heterocycles. The Morgan fingerprint density at radius 1 is 1.13 bits per heavy atom. The molecule has 0 fully saturated rings. The lowest BCUT2D eigenvalue weighted by atomic mass is 10.0. The summed E-state index contributed by atoms with van der Waals surface area (Å²) in [5.41, 5.74) is 1.77. The van der Waals surface area contributed by atoms with Crippen LogP contribution in [0.15, 0.2) is 72.0 Å². The second-order valence-corrected chi connectivity index (χ2v) is 6.64. The van der Waals surface area contributed by atoms with Gasteiger partial charge in [-0.15, -0.1) is 0 Å². The molecule has 0 saturated carbocycles. The second-order valence-electron chi connectivity index (χ2n) is 6.64. The molecule has 0 N–H and O–H groups in total. The first-order chi connectivity index (χ1) is 14.9. The predicted molar refractivity (Wildman–Crippen MR) is 115 cm³/mol. The summed E-state index contributed by atoms with van der Waals surface area (Å²) in [6, 6.07) is 10.6. The summed E-state index contributed by atoms with van der Waals surface area (Å²) < 4.78 is 29.2. The van der Waals surface area contributed by atoms with Crippen molar-refractivity contribution in [1.29, 1.82) is 0 Å². The average molecular weight is 423 g/mol. The quantitative estimate of drug-likeness (QED) is 0.378. The number of ether oxygens (including phenoxy) is 3. The standard InChI is InChI=1S/C24H22FNO5/c1-5-12-31-20-11-6-16(14-21(20)29-3)13-19-22(24(28)30-4)15(2)26(23(19)27)18-9-7-17(25)8-10-18/h5-11,13-14H,1,12H2,2-4H3/b19-13-. The van der Waals surface area contributed by atoms with Crippen molar-refractivity contribution in [2.24, 2.45) is 0 Å². The molecule has 2 aromatic carbocycles. The van der Waals surface area contributed by atoms with Gasteiger partial charge in [0.05, 0.1) is 25.4 Å². The van der Waals surface area contributed by atoms with Crippen molar-refractivity contribution < 1.29 is 28.2 Å². The molecule has 31 heavy (non-hydrogen) atoms. The summed E-state index contributed by atoms with van der Waals surface area (Å²) in [6.45, 7) is 5.57. The lowest BCUT2D eigenvalue weighted by Gasteiger charge is -2.17. The average Bonchev–Trinajstić information content (AvgIpc) is 3.02. The van der Waals surface area contributed by atoms with Gasteiger partial charge in [0.25, 0.3) is 5.91 Å². The van der Waals surface area contributed by atoms with Gasteiger partial charge in [-0.05, 0) is 55.0 Å². The number of allylic oxidation sites excluding steroid dienone is 1. The molecule has 0 atom stereocenters. The number of anilines is 1. The molecule has 0 unspecified atom stereocenters. The molecular formula is C24H22FNO5. The van der Waals surface area contributed by atoms with E-state index in [0.29, 0.717) is 35.1 Å². The minimum Gasteiger partial charge on any atom is -0.493 e. The van der Waals surface area contributed by atoms with E-state index in [9.17, 15) is 14.0 Å². The Balaban J connectivity index is 2.07. The fourth-order valence-corrected chi connectivity index (χ4v) is 3.29. The normalized spacial score (nSPS) is 14.8. The number of nitrogens with zero attached hydrogens (tertiary/aromatic N) is 1. The number of amides is 1. The van der Waals surface area contributed by atoms with Gasteiger partial charge in [-0.3, -0.25) is 9.69 Å². The van der Waals surface area contributed by atoms with Crippen LogP contribution < -0.4 is 14.4 Å². The molecule has 1 amide bonds. The van der Waals surface area contributed by atoms with E-state index >= 15 is 0 Å². The van der Waals surface area contributed by atoms with E-state index in [1.165, 1.54) is 43.4 Å². The van der Waals surface area contributed by atoms with E-state index in [1.54, 1.807) is 37.3 Å². The van der Waals surface area contributed by atoms with Gasteiger partial charge in [-0.25, -0.2) is 9.18 Å². The minimum atomic E-state index is -0.639. The number of rotatable bonds is 7. The number of methoxy groups -OCH3 is 2. The Morgan fingerprint density at radius 3 is 2.45 bits per heavy atom. The van der Waals surface area contributed by atoms with Crippen LogP contribution in [0.4, 0.5) is 10.1 Å². The van der Waals surface area contributed by atoms with Gasteiger partial charge in [0, 0.05) is 11.4 Å². The Hall–Kier alpha value is -3.87. The SMILES string of the molecule is C=CCOc1ccc(/C=C2\C(=O)N(c3ccc(F)cc3)C(C)=C2C(=O)OC)cc1OC. The lowest BCUT2D eigenvalue weighted by molar-refractivity contribution is -0.136. The van der Waals surface area contributed by atoms with E-state index in [2.05, 4.69) is 6.58 Å². The smallest absolute Gasteiger partial charge is 0.340 e. The van der Waals surface area contributed by atoms with Crippen LogP contribution in [0.25, 0.3) is 6.08 Å². The van der Waals surface area contributed by atoms with Crippen molar-refractivity contribution in [3.8, 4) is 11.5 Å². The van der Waals surface area contributed by atoms with Crippen LogP contribution in [0.3, 0.4) is 0 Å². The van der Waals surface area contributed by atoms with Crippen molar-refractivity contribution in [1.82, 2.24) is 0 Å². The van der Waals surface area contributed by atoms with Crippen molar-refractivity contribution >= 4 is 23.6 Å². The molecule has 0 saturated heterocycles. The third-order valence-electron chi connectivity index (χ3n) is 4.73. The monoisotopic (exact) mass is 423 g/mol. The Morgan fingerprint density at radius 2 is 1.84 bits per heavy atom. The molecule has 0 bridgehead atoms. The first kappa shape index (κ1) is 21.8. The Bertz CT molecular complexity index is 1090. The number of carbonyl (C=O) groups is 2. The maximum Gasteiger partial charge on any atom is 0.340 e. The Kier molecular flexibility index (Phi) is 6.55. The summed E-state index contributed by atoms with van der Waals surface area (Å²) >= 11 is 0. The highest BCUT2D eigenvalue weighted by molar-refractivity contribution is 6.23. The highest BCUT2D eigenvalue weighted by Crippen LogP contribution is 2.36. The molecule has 2 aromatic rings. The largest absolute Gasteiger partial charge is 0.493 e. The molecule has 7 heteroatoms. The maximum atomic E-state index is 13.3. The molecule has 1 aliphatic rings. The van der Waals surface area contributed by atoms with Gasteiger partial charge in [0.2, 0.25) is 0 Å². The van der Waals surface area contributed by atoms with Crippen LogP contribution in [0.5, 0.6) is 11.5 Å². The van der Waals surface area contributed by atoms with Gasteiger partial charge >= 0.3 is 5.97 Å². The summed E-state index contributed by atoms with van der Waals surface area (Å²) in [7, 11) is 2.76. The fourth-order valence-electron chi connectivity index (χ4n) is 3.29. The summed E-state index contributed by atoms with van der Waals surface area (Å²) in [5.74, 6) is -0.491. The van der Waals surface area contributed by atoms with E-state index in [4.69, 9.17) is 14.2 Å². The van der Waals surface area contributed by atoms with Crippen molar-refractivity contribution in [2.75, 3.05) is 25.7 Å². The van der Waals surface area contributed by atoms with Crippen LogP contribution in [-0.2, 0) is 14.3 Å². The third-order valence-corrected chi connectivity index (χ3v) is 4.73. The number of esters is 1. The number of hydrogen-bond donors (Lipinski definition) is 0. The number of benzene rings is 2. The van der Waals surface area contributed by atoms with Crippen LogP contribution in [0.1, 0.15) is 12.5 Å². The van der Waals surface area contributed by atoms with Crippen molar-refractivity contribution in [3.63, 3.8) is 0 Å². The topological polar surface area (TPSA) is 65.1 Å². The number of carbonyl (C=O) groups excluding carboxylic acids is 2. The zero-order valence-electron chi connectivity index (χ0n) is 17.5. The molecule has 6 nitrogen and oxygen atoms in total. The zero-order chi connectivity index (χ0) is 22.5. The highest BCUT2D eigenvalue weighted by Gasteiger charge is 2.37. The van der Waals surface area contributed by atoms with Crippen LogP contribution in [-0.4, -0.2) is 32.7 Å². The van der Waals surface area contributed by atoms with E-state index in [0.717, 1.165) is 0 Å². The second kappa shape index (κ2) is 9.30. The minimum absolute atomic E-state index is 0.141. The van der Waals surface area contributed by atoms with Crippen molar-refractivity contribution in [3.05, 3.63) is 83.3 Å². The molecule has 160 valence electrons. The van der Waals surface area contributed by atoms with Crippen LogP contribution in [0, 0.1) is 5.82 Å².